The molecule has 24 heavy (non-hydrogen) atoms. The maximum Gasteiger partial charge on any atom is 0.387 e. The number of hydrogen-bond donors (Lipinski definition) is 0. The Kier molecular flexibility index (Phi) is 4.70. The largest absolute Gasteiger partial charge is 0.435 e. The van der Waals surface area contributed by atoms with Crippen molar-refractivity contribution in [2.24, 2.45) is 5.92 Å². The van der Waals surface area contributed by atoms with Crippen LogP contribution in [0.3, 0.4) is 0 Å². The number of alkyl halides is 2. The van der Waals surface area contributed by atoms with E-state index in [4.69, 9.17) is 4.74 Å². The molecule has 0 spiro atoms. The fourth-order valence-corrected chi connectivity index (χ4v) is 4.01. The second-order valence-electron chi connectivity index (χ2n) is 7.09. The Morgan fingerprint density at radius 2 is 1.92 bits per heavy atom. The molecular weight excluding hydrogens is 314 g/mol. The van der Waals surface area contributed by atoms with E-state index in [1.54, 1.807) is 12.1 Å². The van der Waals surface area contributed by atoms with Gasteiger partial charge in [0.1, 0.15) is 5.75 Å². The summed E-state index contributed by atoms with van der Waals surface area (Å²) in [4.78, 5) is 5.10. The van der Waals surface area contributed by atoms with Gasteiger partial charge in [0.05, 0.1) is 13.2 Å². The molecule has 0 bridgehead atoms. The smallest absolute Gasteiger partial charge is 0.387 e. The van der Waals surface area contributed by atoms with Gasteiger partial charge in [0, 0.05) is 38.3 Å². The van der Waals surface area contributed by atoms with Crippen molar-refractivity contribution >= 4 is 0 Å². The minimum Gasteiger partial charge on any atom is -0.435 e. The summed E-state index contributed by atoms with van der Waals surface area (Å²) in [6.45, 7) is 2.95. The lowest BCUT2D eigenvalue weighted by atomic mass is 10.0. The number of piperazine rings is 1. The van der Waals surface area contributed by atoms with Crippen LogP contribution in [0.2, 0.25) is 0 Å². The zero-order valence-corrected chi connectivity index (χ0v) is 13.7. The summed E-state index contributed by atoms with van der Waals surface area (Å²) in [5.41, 5.74) is 1.13. The number of morpholine rings is 1. The van der Waals surface area contributed by atoms with E-state index in [0.717, 1.165) is 50.9 Å². The summed E-state index contributed by atoms with van der Waals surface area (Å²) >= 11 is 0. The molecule has 0 aromatic heterocycles. The van der Waals surface area contributed by atoms with Gasteiger partial charge in [0.25, 0.3) is 0 Å². The van der Waals surface area contributed by atoms with Gasteiger partial charge in [-0.1, -0.05) is 12.1 Å². The topological polar surface area (TPSA) is 24.9 Å². The number of nitrogens with zero attached hydrogens (tertiary/aromatic N) is 2. The van der Waals surface area contributed by atoms with Crippen molar-refractivity contribution < 1.29 is 18.3 Å². The third-order valence-electron chi connectivity index (χ3n) is 5.36. The van der Waals surface area contributed by atoms with Gasteiger partial charge in [-0.2, -0.15) is 8.78 Å². The summed E-state index contributed by atoms with van der Waals surface area (Å²) in [5.74, 6) is 1.06. The molecule has 2 heterocycles. The van der Waals surface area contributed by atoms with Crippen LogP contribution in [-0.4, -0.2) is 61.3 Å². The summed E-state index contributed by atoms with van der Waals surface area (Å²) in [6, 6.07) is 8.08. The van der Waals surface area contributed by atoms with Gasteiger partial charge in [-0.25, -0.2) is 0 Å². The van der Waals surface area contributed by atoms with Crippen molar-refractivity contribution in [3.8, 4) is 5.75 Å². The van der Waals surface area contributed by atoms with Crippen LogP contribution < -0.4 is 4.74 Å². The molecular formula is C18H24F2N2O2. The minimum atomic E-state index is -2.77. The van der Waals surface area contributed by atoms with Crippen molar-refractivity contribution in [1.29, 1.82) is 0 Å². The SMILES string of the molecule is FC(F)Oc1ccc(CN2CCN3[C@@H](COC[C@@H]3C3CC3)C2)cc1. The molecule has 3 fully saturated rings. The van der Waals surface area contributed by atoms with E-state index in [9.17, 15) is 8.78 Å². The molecule has 132 valence electrons. The summed E-state index contributed by atoms with van der Waals surface area (Å²) in [7, 11) is 0. The minimum absolute atomic E-state index is 0.214. The zero-order chi connectivity index (χ0) is 16.5. The van der Waals surface area contributed by atoms with Gasteiger partial charge in [0.2, 0.25) is 0 Å². The Morgan fingerprint density at radius 3 is 2.62 bits per heavy atom. The third-order valence-corrected chi connectivity index (χ3v) is 5.36. The number of benzene rings is 1. The van der Waals surface area contributed by atoms with Gasteiger partial charge >= 0.3 is 6.61 Å². The van der Waals surface area contributed by atoms with Gasteiger partial charge in [-0.3, -0.25) is 9.80 Å². The van der Waals surface area contributed by atoms with Crippen LogP contribution in [0.4, 0.5) is 8.78 Å². The predicted molar refractivity (Wildman–Crippen MR) is 86.2 cm³/mol. The average molecular weight is 338 g/mol. The summed E-state index contributed by atoms with van der Waals surface area (Å²) in [5, 5.41) is 0. The molecule has 4 rings (SSSR count). The zero-order valence-electron chi connectivity index (χ0n) is 13.7. The molecule has 2 saturated heterocycles. The molecule has 2 aliphatic heterocycles. The molecule has 4 nitrogen and oxygen atoms in total. The maximum atomic E-state index is 12.2. The Morgan fingerprint density at radius 1 is 1.12 bits per heavy atom. The second-order valence-corrected chi connectivity index (χ2v) is 7.09. The highest BCUT2D eigenvalue weighted by molar-refractivity contribution is 5.27. The van der Waals surface area contributed by atoms with E-state index >= 15 is 0 Å². The highest BCUT2D eigenvalue weighted by Crippen LogP contribution is 2.38. The lowest BCUT2D eigenvalue weighted by Gasteiger charge is -2.48. The van der Waals surface area contributed by atoms with E-state index in [0.29, 0.717) is 12.1 Å². The molecule has 1 saturated carbocycles. The van der Waals surface area contributed by atoms with E-state index in [2.05, 4.69) is 14.5 Å². The van der Waals surface area contributed by atoms with E-state index < -0.39 is 6.61 Å². The van der Waals surface area contributed by atoms with Crippen LogP contribution in [0, 0.1) is 5.92 Å². The molecule has 1 aromatic rings. The number of halogens is 2. The van der Waals surface area contributed by atoms with Crippen molar-refractivity contribution in [1.82, 2.24) is 9.80 Å². The first-order valence-corrected chi connectivity index (χ1v) is 8.78. The Bertz CT molecular complexity index is 550. The van der Waals surface area contributed by atoms with Gasteiger partial charge in [-0.05, 0) is 36.5 Å². The van der Waals surface area contributed by atoms with Crippen molar-refractivity contribution in [3.63, 3.8) is 0 Å². The van der Waals surface area contributed by atoms with Crippen LogP contribution in [0.15, 0.2) is 24.3 Å². The van der Waals surface area contributed by atoms with Gasteiger partial charge in [-0.15, -0.1) is 0 Å². The van der Waals surface area contributed by atoms with Crippen LogP contribution in [0.5, 0.6) is 5.75 Å². The predicted octanol–water partition coefficient (Wildman–Crippen LogP) is 2.58. The first-order valence-electron chi connectivity index (χ1n) is 8.78. The van der Waals surface area contributed by atoms with Crippen molar-refractivity contribution in [2.75, 3.05) is 32.8 Å². The number of ether oxygens (including phenoxy) is 2. The quantitative estimate of drug-likeness (QED) is 0.824. The lowest BCUT2D eigenvalue weighted by Crippen LogP contribution is -2.62. The van der Waals surface area contributed by atoms with Crippen molar-refractivity contribution in [3.05, 3.63) is 29.8 Å². The molecule has 0 unspecified atom stereocenters. The number of fused-ring (bicyclic) bond motifs is 1. The average Bonchev–Trinajstić information content (AvgIpc) is 3.40. The highest BCUT2D eigenvalue weighted by Gasteiger charge is 2.42. The van der Waals surface area contributed by atoms with Crippen LogP contribution in [-0.2, 0) is 11.3 Å². The fourth-order valence-electron chi connectivity index (χ4n) is 4.01. The Hall–Kier alpha value is -1.24. The normalized spacial score (nSPS) is 28.8. The molecule has 6 heteroatoms. The molecule has 2 atom stereocenters. The molecule has 1 aromatic carbocycles. The second kappa shape index (κ2) is 6.94. The van der Waals surface area contributed by atoms with Gasteiger partial charge < -0.3 is 9.47 Å². The van der Waals surface area contributed by atoms with Gasteiger partial charge in [0.15, 0.2) is 0 Å². The third kappa shape index (κ3) is 3.71. The van der Waals surface area contributed by atoms with Crippen molar-refractivity contribution in [2.45, 2.75) is 38.1 Å². The standard InChI is InChI=1S/C18H24F2N2O2/c19-18(20)24-16-5-1-13(2-6-16)9-21-7-8-22-15(10-21)11-23-12-17(22)14-3-4-14/h1-2,5-6,14-15,17-18H,3-4,7-12H2/t15-,17-/m1/s1. The first kappa shape index (κ1) is 16.2. The summed E-state index contributed by atoms with van der Waals surface area (Å²) < 4.78 is 34.6. The maximum absolute atomic E-state index is 12.2. The lowest BCUT2D eigenvalue weighted by molar-refractivity contribution is -0.0880. The Balaban J connectivity index is 1.33. The van der Waals surface area contributed by atoms with Crippen LogP contribution in [0.25, 0.3) is 0 Å². The molecule has 0 amide bonds. The molecule has 1 aliphatic carbocycles. The van der Waals surface area contributed by atoms with Crippen LogP contribution >= 0.6 is 0 Å². The molecule has 0 N–H and O–H groups in total. The number of rotatable bonds is 5. The highest BCUT2D eigenvalue weighted by atomic mass is 19.3. The first-order chi connectivity index (χ1) is 11.7. The Labute approximate surface area is 141 Å². The van der Waals surface area contributed by atoms with E-state index in [1.807, 2.05) is 12.1 Å². The monoisotopic (exact) mass is 338 g/mol. The van der Waals surface area contributed by atoms with E-state index in [-0.39, 0.29) is 5.75 Å². The molecule has 3 aliphatic rings. The van der Waals surface area contributed by atoms with Crippen LogP contribution in [0.1, 0.15) is 18.4 Å². The summed E-state index contributed by atoms with van der Waals surface area (Å²) in [6.07, 6.45) is 2.71. The fraction of sp³-hybridized carbons (Fsp3) is 0.667. The number of hydrogen-bond acceptors (Lipinski definition) is 4. The van der Waals surface area contributed by atoms with E-state index in [1.165, 1.54) is 12.8 Å². The molecule has 0 radical (unpaired) electrons.